The standard InChI is InChI=1S/C47H51N3O10S3/c1-46(2)36-14-5-7-16-38(36)48(28-10-30-62(54,55)56)40(46)24-20-32-12-9-13-33(44(32)61-35-22-18-34(19-23-35)45(53)60-50-42(51)26-27-43(50)52)21-25-41-47(3,4)37-15-6-8-17-39(37)49(41)29-11-31-63(57,58)59/h5-8,14-25H,9-13,26-31H2,1-4H3,(H-,54,55,56,57,58,59)/p-1. The summed E-state index contributed by atoms with van der Waals surface area (Å²) in [6.45, 7) is 9.18. The molecule has 3 aromatic carbocycles. The van der Waals surface area contributed by atoms with Gasteiger partial charge in [-0.3, -0.25) is 9.59 Å². The van der Waals surface area contributed by atoms with Crippen LogP contribution < -0.4 is 4.90 Å². The van der Waals surface area contributed by atoms with Crippen LogP contribution >= 0.6 is 11.8 Å². The molecule has 0 aromatic heterocycles. The average Bonchev–Trinajstić information content (AvgIpc) is 3.74. The van der Waals surface area contributed by atoms with Gasteiger partial charge >= 0.3 is 5.97 Å². The third kappa shape index (κ3) is 10.2. The number of fused-ring (bicyclic) bond motifs is 2. The number of nitrogens with zero attached hydrogens (tertiary/aromatic N) is 3. The van der Waals surface area contributed by atoms with Crippen LogP contribution in [0.1, 0.15) is 94.1 Å². The topological polar surface area (TPSA) is 184 Å². The molecule has 1 aliphatic carbocycles. The molecule has 332 valence electrons. The van der Waals surface area contributed by atoms with E-state index in [-0.39, 0.29) is 31.2 Å². The molecule has 0 saturated carbocycles. The highest BCUT2D eigenvalue weighted by atomic mass is 32.2. The van der Waals surface area contributed by atoms with Crippen LogP contribution in [-0.2, 0) is 45.5 Å². The number of allylic oxidation sites excluding steroid dienone is 7. The first-order chi connectivity index (χ1) is 29.7. The molecule has 0 spiro atoms. The summed E-state index contributed by atoms with van der Waals surface area (Å²) in [4.78, 5) is 46.2. The number of imide groups is 1. The van der Waals surface area contributed by atoms with E-state index in [1.807, 2.05) is 36.4 Å². The van der Waals surface area contributed by atoms with Crippen molar-refractivity contribution < 1.29 is 49.7 Å². The van der Waals surface area contributed by atoms with Crippen LogP contribution in [-0.4, -0.2) is 83.7 Å². The number of thioether (sulfide) groups is 1. The molecule has 3 aromatic rings. The number of rotatable bonds is 15. The van der Waals surface area contributed by atoms with Crippen LogP contribution in [0.25, 0.3) is 0 Å². The van der Waals surface area contributed by atoms with E-state index in [2.05, 4.69) is 73.6 Å². The Bertz CT molecular complexity index is 2710. The highest BCUT2D eigenvalue weighted by Gasteiger charge is 2.44. The number of carbonyl (C=O) groups excluding carboxylic acids is 3. The van der Waals surface area contributed by atoms with Crippen molar-refractivity contribution in [1.82, 2.24) is 5.06 Å². The number of hydroxylamine groups is 2. The maximum absolute atomic E-state index is 13.0. The lowest BCUT2D eigenvalue weighted by Crippen LogP contribution is -2.32. The second-order valence-corrected chi connectivity index (χ2v) is 21.2. The Balaban J connectivity index is 1.28. The van der Waals surface area contributed by atoms with Crippen LogP contribution in [0.2, 0.25) is 0 Å². The van der Waals surface area contributed by atoms with E-state index in [9.17, 15) is 40.3 Å². The molecule has 1 fully saturated rings. The second kappa shape index (κ2) is 18.2. The first-order valence-electron chi connectivity index (χ1n) is 20.9. The van der Waals surface area contributed by atoms with E-state index in [1.165, 1.54) is 11.8 Å². The van der Waals surface area contributed by atoms with Gasteiger partial charge in [0.15, 0.2) is 5.71 Å². The van der Waals surface area contributed by atoms with Gasteiger partial charge in [0.2, 0.25) is 5.69 Å². The van der Waals surface area contributed by atoms with Gasteiger partial charge in [0.05, 0.1) is 31.2 Å². The molecule has 13 nitrogen and oxygen atoms in total. The maximum Gasteiger partial charge on any atom is 0.363 e. The van der Waals surface area contributed by atoms with Crippen LogP contribution in [0.15, 0.2) is 124 Å². The Kier molecular flexibility index (Phi) is 13.2. The molecule has 1 saturated heterocycles. The van der Waals surface area contributed by atoms with Gasteiger partial charge in [-0.15, -0.1) is 5.06 Å². The number of hydrogen-bond donors (Lipinski definition) is 0. The van der Waals surface area contributed by atoms with Crippen molar-refractivity contribution in [3.05, 3.63) is 136 Å². The maximum atomic E-state index is 13.0. The van der Waals surface area contributed by atoms with Crippen molar-refractivity contribution in [2.24, 2.45) is 0 Å². The van der Waals surface area contributed by atoms with E-state index < -0.39 is 60.4 Å². The number of para-hydroxylation sites is 2. The molecule has 4 aliphatic rings. The van der Waals surface area contributed by atoms with Gasteiger partial charge in [0, 0.05) is 81.6 Å². The van der Waals surface area contributed by atoms with E-state index in [4.69, 9.17) is 4.84 Å². The summed E-state index contributed by atoms with van der Waals surface area (Å²) in [5, 5.41) is 0.522. The Labute approximate surface area is 373 Å². The Morgan fingerprint density at radius 3 is 2.10 bits per heavy atom. The summed E-state index contributed by atoms with van der Waals surface area (Å²) >= 11 is 1.53. The van der Waals surface area contributed by atoms with Crippen molar-refractivity contribution >= 4 is 66.9 Å². The highest BCUT2D eigenvalue weighted by Crippen LogP contribution is 2.49. The van der Waals surface area contributed by atoms with E-state index >= 15 is 0 Å². The third-order valence-electron chi connectivity index (χ3n) is 12.0. The van der Waals surface area contributed by atoms with Gasteiger partial charge in [0.1, 0.15) is 6.54 Å². The molecule has 7 rings (SSSR count). The van der Waals surface area contributed by atoms with Crippen molar-refractivity contribution in [3.8, 4) is 0 Å². The minimum absolute atomic E-state index is 0.0121. The molecule has 0 unspecified atom stereocenters. The molecule has 2 amide bonds. The smallest absolute Gasteiger partial charge is 0.363 e. The number of hydrogen-bond acceptors (Lipinski definition) is 12. The van der Waals surface area contributed by atoms with Crippen LogP contribution in [0.4, 0.5) is 11.4 Å². The average molecular weight is 913 g/mol. The zero-order chi connectivity index (χ0) is 45.3. The minimum Gasteiger partial charge on any atom is -0.748 e. The lowest BCUT2D eigenvalue weighted by Gasteiger charge is -2.28. The largest absolute Gasteiger partial charge is 0.748 e. The minimum atomic E-state index is -4.40. The summed E-state index contributed by atoms with van der Waals surface area (Å²) in [5.74, 6) is -2.90. The quantitative estimate of drug-likeness (QED) is 0.0830. The summed E-state index contributed by atoms with van der Waals surface area (Å²) in [5.41, 5.74) is 7.40. The molecule has 0 N–H and O–H groups in total. The van der Waals surface area contributed by atoms with Gasteiger partial charge in [0.25, 0.3) is 11.8 Å². The molecule has 16 heteroatoms. The molecular weight excluding hydrogens is 863 g/mol. The van der Waals surface area contributed by atoms with Crippen LogP contribution in [0.3, 0.4) is 0 Å². The van der Waals surface area contributed by atoms with Crippen molar-refractivity contribution in [2.45, 2.75) is 88.4 Å². The van der Waals surface area contributed by atoms with E-state index in [0.717, 1.165) is 74.1 Å². The number of carbonyl (C=O) groups is 3. The van der Waals surface area contributed by atoms with Crippen LogP contribution in [0, 0.1) is 0 Å². The molecule has 0 bridgehead atoms. The molecule has 3 aliphatic heterocycles. The van der Waals surface area contributed by atoms with E-state index in [0.29, 0.717) is 18.2 Å². The SMILES string of the molecule is CC1(C)C(/C=C/C2=C(Sc3ccc(C(=O)ON4C(=O)CCC4=O)cc3)C(=C/C=C3/N(CCCS(=O)(=O)[O-])c4ccccc4C3(C)C)/CCC2)=[N+](CCCS(=O)(=O)[O-])c2ccccc21. The van der Waals surface area contributed by atoms with Crippen molar-refractivity contribution in [3.63, 3.8) is 0 Å². The van der Waals surface area contributed by atoms with Gasteiger partial charge in [-0.1, -0.05) is 74.2 Å². The van der Waals surface area contributed by atoms with Gasteiger partial charge < -0.3 is 18.8 Å². The zero-order valence-corrected chi connectivity index (χ0v) is 38.1. The molecule has 3 heterocycles. The van der Waals surface area contributed by atoms with Gasteiger partial charge in [-0.25, -0.2) is 21.6 Å². The fourth-order valence-electron chi connectivity index (χ4n) is 8.84. The molecule has 63 heavy (non-hydrogen) atoms. The Morgan fingerprint density at radius 1 is 0.778 bits per heavy atom. The zero-order valence-electron chi connectivity index (χ0n) is 35.7. The van der Waals surface area contributed by atoms with Gasteiger partial charge in [-0.2, -0.15) is 4.58 Å². The summed E-state index contributed by atoms with van der Waals surface area (Å²) < 4.78 is 71.6. The summed E-state index contributed by atoms with van der Waals surface area (Å²) in [6, 6.07) is 22.7. The number of anilines is 1. The number of benzene rings is 3. The van der Waals surface area contributed by atoms with E-state index in [1.54, 1.807) is 24.3 Å². The normalized spacial score (nSPS) is 19.8. The fourth-order valence-corrected chi connectivity index (χ4v) is 10.9. The Morgan fingerprint density at radius 2 is 1.41 bits per heavy atom. The second-order valence-electron chi connectivity index (χ2n) is 17.1. The molecular formula is C47H50N3O10S3-. The first kappa shape index (κ1) is 45.9. The monoisotopic (exact) mass is 912 g/mol. The first-order valence-corrected chi connectivity index (χ1v) is 24.9. The third-order valence-corrected chi connectivity index (χ3v) is 14.8. The fraction of sp³-hybridized carbons (Fsp3) is 0.362. The van der Waals surface area contributed by atoms with Crippen molar-refractivity contribution in [2.75, 3.05) is 29.5 Å². The summed E-state index contributed by atoms with van der Waals surface area (Å²) in [7, 11) is -8.80. The lowest BCUT2D eigenvalue weighted by atomic mass is 9.81. The van der Waals surface area contributed by atoms with Crippen molar-refractivity contribution in [1.29, 1.82) is 0 Å². The van der Waals surface area contributed by atoms with Crippen LogP contribution in [0.5, 0.6) is 0 Å². The molecule has 0 radical (unpaired) electrons. The predicted molar refractivity (Wildman–Crippen MR) is 239 cm³/mol. The predicted octanol–water partition coefficient (Wildman–Crippen LogP) is 7.55. The number of amides is 2. The Hall–Kier alpha value is -5.13. The lowest BCUT2D eigenvalue weighted by molar-refractivity contribution is -0.437. The van der Waals surface area contributed by atoms with Gasteiger partial charge in [-0.05, 0) is 92.6 Å². The molecule has 0 atom stereocenters. The summed E-state index contributed by atoms with van der Waals surface area (Å²) in [6.07, 6.45) is 11.0. The highest BCUT2D eigenvalue weighted by molar-refractivity contribution is 8.03.